The number of carbonyl (C=O) groups is 1. The Morgan fingerprint density at radius 2 is 1.78 bits per heavy atom. The van der Waals surface area contributed by atoms with Crippen molar-refractivity contribution in [1.29, 1.82) is 0 Å². The monoisotopic (exact) mass is 440 g/mol. The highest BCUT2D eigenvalue weighted by Gasteiger charge is 2.15. The number of hydrogen-bond donors (Lipinski definition) is 2. The van der Waals surface area contributed by atoms with Crippen molar-refractivity contribution in [3.05, 3.63) is 25.6 Å². The van der Waals surface area contributed by atoms with Gasteiger partial charge in [-0.25, -0.2) is 0 Å². The standard InChI is InChI=1S/C12H15Br3N2O/c1-12(2,16)4-3-10(18)17-11-8(14)5-7(13)6-9(11)15/h5-6H,3-4,16H2,1-2H3,(H,17,18). The SMILES string of the molecule is CC(C)(N)CCC(=O)Nc1c(Br)cc(Br)cc1Br. The third kappa shape index (κ3) is 5.38. The maximum absolute atomic E-state index is 11.8. The van der Waals surface area contributed by atoms with Gasteiger partial charge in [-0.05, 0) is 64.3 Å². The van der Waals surface area contributed by atoms with E-state index in [4.69, 9.17) is 5.73 Å². The molecule has 0 unspecified atom stereocenters. The molecule has 1 amide bonds. The molecule has 1 rings (SSSR count). The van der Waals surface area contributed by atoms with Crippen LogP contribution in [-0.2, 0) is 4.79 Å². The maximum atomic E-state index is 11.8. The van der Waals surface area contributed by atoms with E-state index in [9.17, 15) is 4.79 Å². The first-order chi connectivity index (χ1) is 8.19. The molecule has 0 bridgehead atoms. The first-order valence-corrected chi connectivity index (χ1v) is 7.80. The number of benzene rings is 1. The van der Waals surface area contributed by atoms with E-state index < -0.39 is 0 Å². The molecule has 1 aromatic carbocycles. The van der Waals surface area contributed by atoms with E-state index in [1.165, 1.54) is 0 Å². The van der Waals surface area contributed by atoms with Crippen LogP contribution in [0.3, 0.4) is 0 Å². The van der Waals surface area contributed by atoms with Crippen LogP contribution in [0.25, 0.3) is 0 Å². The molecule has 18 heavy (non-hydrogen) atoms. The fourth-order valence-electron chi connectivity index (χ4n) is 1.30. The van der Waals surface area contributed by atoms with Gasteiger partial charge in [-0.1, -0.05) is 15.9 Å². The van der Waals surface area contributed by atoms with Crippen LogP contribution in [0.15, 0.2) is 25.6 Å². The predicted octanol–water partition coefficient (Wildman–Crippen LogP) is 4.43. The van der Waals surface area contributed by atoms with Crippen molar-refractivity contribution in [2.75, 3.05) is 5.32 Å². The van der Waals surface area contributed by atoms with Crippen molar-refractivity contribution < 1.29 is 4.79 Å². The van der Waals surface area contributed by atoms with Crippen LogP contribution < -0.4 is 11.1 Å². The van der Waals surface area contributed by atoms with Crippen molar-refractivity contribution in [3.63, 3.8) is 0 Å². The second kappa shape index (κ2) is 6.50. The molecule has 3 N–H and O–H groups in total. The average Bonchev–Trinajstić information content (AvgIpc) is 2.19. The quantitative estimate of drug-likeness (QED) is 0.724. The highest BCUT2D eigenvalue weighted by molar-refractivity contribution is 9.11. The number of carbonyl (C=O) groups excluding carboxylic acids is 1. The molecular weight excluding hydrogens is 428 g/mol. The molecule has 100 valence electrons. The Kier molecular flexibility index (Phi) is 5.83. The number of hydrogen-bond acceptors (Lipinski definition) is 2. The van der Waals surface area contributed by atoms with E-state index in [-0.39, 0.29) is 11.4 Å². The molecule has 0 fully saturated rings. The second-order valence-electron chi connectivity index (χ2n) is 4.78. The minimum atomic E-state index is -0.328. The van der Waals surface area contributed by atoms with E-state index in [2.05, 4.69) is 53.1 Å². The normalized spacial score (nSPS) is 11.4. The smallest absolute Gasteiger partial charge is 0.224 e. The summed E-state index contributed by atoms with van der Waals surface area (Å²) >= 11 is 10.2. The third-order valence-corrected chi connectivity index (χ3v) is 3.98. The van der Waals surface area contributed by atoms with Gasteiger partial charge >= 0.3 is 0 Å². The van der Waals surface area contributed by atoms with Crippen molar-refractivity contribution >= 4 is 59.4 Å². The number of anilines is 1. The molecule has 3 nitrogen and oxygen atoms in total. The molecule has 1 aromatic rings. The molecule has 0 atom stereocenters. The number of nitrogens with two attached hydrogens (primary N) is 1. The van der Waals surface area contributed by atoms with Crippen LogP contribution >= 0.6 is 47.8 Å². The lowest BCUT2D eigenvalue weighted by atomic mass is 10.00. The van der Waals surface area contributed by atoms with Gasteiger partial charge in [0, 0.05) is 25.4 Å². The van der Waals surface area contributed by atoms with Gasteiger partial charge in [0.2, 0.25) is 5.91 Å². The summed E-state index contributed by atoms with van der Waals surface area (Å²) < 4.78 is 2.58. The van der Waals surface area contributed by atoms with Crippen molar-refractivity contribution in [3.8, 4) is 0 Å². The maximum Gasteiger partial charge on any atom is 0.224 e. The largest absolute Gasteiger partial charge is 0.326 e. The topological polar surface area (TPSA) is 55.1 Å². The Morgan fingerprint density at radius 3 is 2.22 bits per heavy atom. The van der Waals surface area contributed by atoms with Gasteiger partial charge in [-0.2, -0.15) is 0 Å². The third-order valence-electron chi connectivity index (χ3n) is 2.27. The Hall–Kier alpha value is 0.0900. The lowest BCUT2D eigenvalue weighted by Crippen LogP contribution is -2.33. The first-order valence-electron chi connectivity index (χ1n) is 5.42. The summed E-state index contributed by atoms with van der Waals surface area (Å²) in [5.41, 5.74) is 6.26. The Bertz CT molecular complexity index is 432. The highest BCUT2D eigenvalue weighted by Crippen LogP contribution is 2.34. The zero-order valence-electron chi connectivity index (χ0n) is 10.2. The molecule has 0 aliphatic rings. The Labute approximate surface area is 132 Å². The second-order valence-corrected chi connectivity index (χ2v) is 7.41. The molecule has 6 heteroatoms. The fraction of sp³-hybridized carbons (Fsp3) is 0.417. The minimum absolute atomic E-state index is 0.0442. The zero-order valence-corrected chi connectivity index (χ0v) is 14.9. The van der Waals surface area contributed by atoms with Gasteiger partial charge in [0.15, 0.2) is 0 Å². The van der Waals surface area contributed by atoms with E-state index in [0.29, 0.717) is 12.8 Å². The lowest BCUT2D eigenvalue weighted by Gasteiger charge is -2.18. The van der Waals surface area contributed by atoms with Crippen molar-refractivity contribution in [2.24, 2.45) is 5.73 Å². The van der Waals surface area contributed by atoms with Gasteiger partial charge in [-0.15, -0.1) is 0 Å². The van der Waals surface area contributed by atoms with Crippen LogP contribution in [0.1, 0.15) is 26.7 Å². The van der Waals surface area contributed by atoms with Gasteiger partial charge in [0.25, 0.3) is 0 Å². The van der Waals surface area contributed by atoms with Crippen LogP contribution in [0.2, 0.25) is 0 Å². The molecule has 0 heterocycles. The average molecular weight is 443 g/mol. The summed E-state index contributed by atoms with van der Waals surface area (Å²) in [6.45, 7) is 3.82. The summed E-state index contributed by atoms with van der Waals surface area (Å²) in [7, 11) is 0. The van der Waals surface area contributed by atoms with Gasteiger partial charge in [0.1, 0.15) is 0 Å². The van der Waals surface area contributed by atoms with Crippen LogP contribution in [0.4, 0.5) is 5.69 Å². The summed E-state index contributed by atoms with van der Waals surface area (Å²) in [6, 6.07) is 3.76. The van der Waals surface area contributed by atoms with Crippen molar-refractivity contribution in [1.82, 2.24) is 0 Å². The summed E-state index contributed by atoms with van der Waals surface area (Å²) in [6.07, 6.45) is 1.04. The molecule has 0 saturated carbocycles. The summed E-state index contributed by atoms with van der Waals surface area (Å²) in [4.78, 5) is 11.8. The van der Waals surface area contributed by atoms with E-state index in [1.54, 1.807) is 0 Å². The van der Waals surface area contributed by atoms with Gasteiger partial charge in [0.05, 0.1) is 5.69 Å². The fourth-order valence-corrected chi connectivity index (χ4v) is 3.76. The van der Waals surface area contributed by atoms with E-state index in [1.807, 2.05) is 26.0 Å². The number of nitrogens with one attached hydrogen (secondary N) is 1. The molecule has 0 saturated heterocycles. The molecular formula is C12H15Br3N2O. The highest BCUT2D eigenvalue weighted by atomic mass is 79.9. The first kappa shape index (κ1) is 16.1. The van der Waals surface area contributed by atoms with E-state index >= 15 is 0 Å². The molecule has 0 aliphatic heterocycles. The zero-order chi connectivity index (χ0) is 13.9. The summed E-state index contributed by atoms with van der Waals surface area (Å²) in [5.74, 6) is -0.0442. The van der Waals surface area contributed by atoms with Crippen LogP contribution in [0, 0.1) is 0 Å². The molecule has 0 aliphatic carbocycles. The van der Waals surface area contributed by atoms with Crippen molar-refractivity contribution in [2.45, 2.75) is 32.2 Å². The Balaban J connectivity index is 2.71. The van der Waals surface area contributed by atoms with Crippen LogP contribution in [0.5, 0.6) is 0 Å². The van der Waals surface area contributed by atoms with Gasteiger partial charge in [-0.3, -0.25) is 4.79 Å². The molecule has 0 aromatic heterocycles. The number of halogens is 3. The summed E-state index contributed by atoms with van der Waals surface area (Å²) in [5, 5.41) is 2.87. The number of rotatable bonds is 4. The minimum Gasteiger partial charge on any atom is -0.326 e. The predicted molar refractivity (Wildman–Crippen MR) is 85.7 cm³/mol. The number of amides is 1. The van der Waals surface area contributed by atoms with E-state index in [0.717, 1.165) is 19.1 Å². The lowest BCUT2D eigenvalue weighted by molar-refractivity contribution is -0.116. The van der Waals surface area contributed by atoms with Gasteiger partial charge < -0.3 is 11.1 Å². The molecule has 0 spiro atoms. The molecule has 0 radical (unpaired) electrons. The van der Waals surface area contributed by atoms with Crippen LogP contribution in [-0.4, -0.2) is 11.4 Å². The Morgan fingerprint density at radius 1 is 1.28 bits per heavy atom.